The number of amides is 2. The van der Waals surface area contributed by atoms with Crippen molar-refractivity contribution in [3.8, 4) is 0 Å². The Morgan fingerprint density at radius 3 is 2.53 bits per heavy atom. The molecule has 1 unspecified atom stereocenters. The number of carbonyl (C=O) groups is 3. The largest absolute Gasteiger partial charge is 0.465 e. The van der Waals surface area contributed by atoms with Gasteiger partial charge in [-0.3, -0.25) is 14.4 Å². The quantitative estimate of drug-likeness (QED) is 0.328. The number of carbonyl (C=O) groups excluding carboxylic acids is 3. The molecule has 2 saturated heterocycles. The highest BCUT2D eigenvalue weighted by atomic mass is 16.6. The summed E-state index contributed by atoms with van der Waals surface area (Å²) < 4.78 is 12.3. The van der Waals surface area contributed by atoms with Gasteiger partial charge in [0.05, 0.1) is 18.1 Å². The lowest BCUT2D eigenvalue weighted by molar-refractivity contribution is -0.160. The van der Waals surface area contributed by atoms with Gasteiger partial charge in [-0.15, -0.1) is 0 Å². The molecule has 0 bridgehead atoms. The van der Waals surface area contributed by atoms with E-state index < -0.39 is 35.0 Å². The van der Waals surface area contributed by atoms with Gasteiger partial charge >= 0.3 is 5.97 Å². The Hall–Kier alpha value is -2.19. The lowest BCUT2D eigenvalue weighted by atomic mass is 9.74. The Morgan fingerprint density at radius 2 is 1.75 bits per heavy atom. The molecule has 8 heteroatoms. The Bertz CT molecular complexity index is 927. The number of unbranched alkanes of at least 4 members (excludes halogenated alkanes) is 3. The minimum Gasteiger partial charge on any atom is -0.465 e. The Kier molecular flexibility index (Phi) is 7.27. The number of aliphatic hydroxyl groups is 1. The summed E-state index contributed by atoms with van der Waals surface area (Å²) in [6, 6.07) is -0.623. The van der Waals surface area contributed by atoms with Crippen LogP contribution in [0.3, 0.4) is 0 Å². The van der Waals surface area contributed by atoms with Crippen LogP contribution in [-0.4, -0.2) is 82.3 Å². The Balaban J connectivity index is 1.52. The van der Waals surface area contributed by atoms with Crippen LogP contribution in [0.2, 0.25) is 0 Å². The van der Waals surface area contributed by atoms with Crippen molar-refractivity contribution in [2.75, 3.05) is 26.3 Å². The van der Waals surface area contributed by atoms with E-state index in [0.29, 0.717) is 19.5 Å². The summed E-state index contributed by atoms with van der Waals surface area (Å²) in [6.07, 6.45) is 16.9. The van der Waals surface area contributed by atoms with Gasteiger partial charge in [-0.2, -0.15) is 0 Å². The highest BCUT2D eigenvalue weighted by molar-refractivity contribution is 5.99. The van der Waals surface area contributed by atoms with Crippen LogP contribution in [0, 0.1) is 11.8 Å². The fourth-order valence-corrected chi connectivity index (χ4v) is 7.21. The highest BCUT2D eigenvalue weighted by Gasteiger charge is 2.74. The number of esters is 1. The normalized spacial score (nSPS) is 36.7. The summed E-state index contributed by atoms with van der Waals surface area (Å²) in [5, 5.41) is 9.11. The zero-order valence-corrected chi connectivity index (χ0v) is 21.4. The van der Waals surface area contributed by atoms with Gasteiger partial charge in [0.2, 0.25) is 11.8 Å². The predicted octanol–water partition coefficient (Wildman–Crippen LogP) is 2.74. The van der Waals surface area contributed by atoms with Gasteiger partial charge in [0, 0.05) is 25.7 Å². The van der Waals surface area contributed by atoms with Crippen molar-refractivity contribution in [2.24, 2.45) is 11.8 Å². The standard InChI is InChI=1S/C28H40N2O6/c1-27-14-7-10-19-35-26(34)22(27)21-24(32)30(16-8-2-3-9-18-31)23-25(33)29(20-12-5-4-6-13-20)17-11-15-28(21,23)36-27/h7,11,14-15,20-23,31H,2-6,8-10,12-13,16-19H2,1H3/t21-,22-,23?,27+,28-/m0/s1. The highest BCUT2D eigenvalue weighted by Crippen LogP contribution is 2.57. The summed E-state index contributed by atoms with van der Waals surface area (Å²) in [5.41, 5.74) is -2.22. The van der Waals surface area contributed by atoms with Crippen molar-refractivity contribution >= 4 is 17.8 Å². The first-order valence-electron chi connectivity index (χ1n) is 13.9. The first kappa shape index (κ1) is 25.5. The van der Waals surface area contributed by atoms with Gasteiger partial charge in [0.1, 0.15) is 17.6 Å². The van der Waals surface area contributed by atoms with Crippen LogP contribution in [0.25, 0.3) is 0 Å². The molecule has 2 amide bonds. The zero-order valence-electron chi connectivity index (χ0n) is 21.4. The molecule has 4 aliphatic heterocycles. The van der Waals surface area contributed by atoms with Gasteiger partial charge in [0.25, 0.3) is 0 Å². The van der Waals surface area contributed by atoms with Crippen molar-refractivity contribution in [3.63, 3.8) is 0 Å². The lowest BCUT2D eigenvalue weighted by Crippen LogP contribution is -2.57. The SMILES string of the molecule is C[C@@]12C=CCCOC(=O)[C@@H]1[C@H]1C(=O)N(CCCCCCO)C3C(=O)N(C4CCCCC4)CC=C[C@@]31O2. The molecule has 5 rings (SSSR count). The van der Waals surface area contributed by atoms with Crippen molar-refractivity contribution < 1.29 is 29.0 Å². The van der Waals surface area contributed by atoms with E-state index >= 15 is 0 Å². The molecule has 1 spiro atoms. The van der Waals surface area contributed by atoms with E-state index in [1.54, 1.807) is 4.90 Å². The third-order valence-corrected chi connectivity index (χ3v) is 8.87. The van der Waals surface area contributed by atoms with Gasteiger partial charge in [-0.1, -0.05) is 56.4 Å². The van der Waals surface area contributed by atoms with Gasteiger partial charge in [-0.05, 0) is 39.0 Å². The molecule has 4 heterocycles. The average Bonchev–Trinajstić information content (AvgIpc) is 3.18. The fourth-order valence-electron chi connectivity index (χ4n) is 7.21. The first-order valence-corrected chi connectivity index (χ1v) is 13.9. The molecule has 0 aromatic rings. The van der Waals surface area contributed by atoms with Gasteiger partial charge in [0.15, 0.2) is 0 Å². The Labute approximate surface area is 213 Å². The minimum atomic E-state index is -1.20. The lowest BCUT2D eigenvalue weighted by Gasteiger charge is -2.40. The molecule has 0 aromatic heterocycles. The van der Waals surface area contributed by atoms with Crippen molar-refractivity contribution in [3.05, 3.63) is 24.3 Å². The number of ether oxygens (including phenoxy) is 2. The molecule has 1 aliphatic carbocycles. The van der Waals surface area contributed by atoms with Crippen LogP contribution in [0.1, 0.15) is 71.1 Å². The molecule has 0 radical (unpaired) electrons. The second-order valence-corrected chi connectivity index (χ2v) is 11.2. The number of likely N-dealkylation sites (tertiary alicyclic amines) is 1. The first-order chi connectivity index (χ1) is 17.4. The second kappa shape index (κ2) is 10.3. The number of cyclic esters (lactones) is 1. The third-order valence-electron chi connectivity index (χ3n) is 8.87. The van der Waals surface area contributed by atoms with Gasteiger partial charge < -0.3 is 24.4 Å². The van der Waals surface area contributed by atoms with E-state index in [1.165, 1.54) is 6.42 Å². The number of hydrogen-bond donors (Lipinski definition) is 1. The molecular weight excluding hydrogens is 460 g/mol. The molecule has 3 fully saturated rings. The number of fused-ring (bicyclic) bond motifs is 2. The second-order valence-electron chi connectivity index (χ2n) is 11.2. The summed E-state index contributed by atoms with van der Waals surface area (Å²) in [4.78, 5) is 45.4. The molecule has 1 N–H and O–H groups in total. The maximum Gasteiger partial charge on any atom is 0.313 e. The molecular formula is C28H40N2O6. The molecule has 5 aliphatic rings. The van der Waals surface area contributed by atoms with Crippen molar-refractivity contribution in [2.45, 2.75) is 94.4 Å². The minimum absolute atomic E-state index is 0.0617. The van der Waals surface area contributed by atoms with Crippen molar-refractivity contribution in [1.29, 1.82) is 0 Å². The molecule has 8 nitrogen and oxygen atoms in total. The summed E-state index contributed by atoms with van der Waals surface area (Å²) >= 11 is 0. The molecule has 1 saturated carbocycles. The summed E-state index contributed by atoms with van der Waals surface area (Å²) in [6.45, 7) is 3.21. The van der Waals surface area contributed by atoms with Crippen LogP contribution < -0.4 is 0 Å². The molecule has 5 atom stereocenters. The summed E-state index contributed by atoms with van der Waals surface area (Å²) in [7, 11) is 0. The number of rotatable bonds is 7. The van der Waals surface area contributed by atoms with Crippen molar-refractivity contribution in [1.82, 2.24) is 9.80 Å². The van der Waals surface area contributed by atoms with Crippen LogP contribution in [0.4, 0.5) is 0 Å². The third kappa shape index (κ3) is 4.20. The van der Waals surface area contributed by atoms with E-state index in [9.17, 15) is 14.4 Å². The molecule has 198 valence electrons. The maximum atomic E-state index is 14.3. The number of aliphatic hydroxyl groups excluding tert-OH is 1. The average molecular weight is 501 g/mol. The maximum absolute atomic E-state index is 14.3. The number of nitrogens with zero attached hydrogens (tertiary/aromatic N) is 2. The molecule has 0 aromatic carbocycles. The molecule has 36 heavy (non-hydrogen) atoms. The van der Waals surface area contributed by atoms with Gasteiger partial charge in [-0.25, -0.2) is 0 Å². The van der Waals surface area contributed by atoms with E-state index in [2.05, 4.69) is 0 Å². The van der Waals surface area contributed by atoms with Crippen LogP contribution in [0.5, 0.6) is 0 Å². The number of hydrogen-bond acceptors (Lipinski definition) is 6. The van der Waals surface area contributed by atoms with E-state index in [4.69, 9.17) is 14.6 Å². The van der Waals surface area contributed by atoms with Crippen LogP contribution >= 0.6 is 0 Å². The van der Waals surface area contributed by atoms with E-state index in [1.807, 2.05) is 36.1 Å². The zero-order chi connectivity index (χ0) is 25.3. The smallest absolute Gasteiger partial charge is 0.313 e. The van der Waals surface area contributed by atoms with Crippen LogP contribution in [-0.2, 0) is 23.9 Å². The topological polar surface area (TPSA) is 96.4 Å². The van der Waals surface area contributed by atoms with Crippen LogP contribution in [0.15, 0.2) is 24.3 Å². The monoisotopic (exact) mass is 500 g/mol. The fraction of sp³-hybridized carbons (Fsp3) is 0.750. The Morgan fingerprint density at radius 1 is 0.972 bits per heavy atom. The summed E-state index contributed by atoms with van der Waals surface area (Å²) in [5.74, 6) is -2.28. The van der Waals surface area contributed by atoms with E-state index in [0.717, 1.165) is 51.4 Å². The predicted molar refractivity (Wildman–Crippen MR) is 133 cm³/mol. The van der Waals surface area contributed by atoms with E-state index in [-0.39, 0.29) is 31.1 Å².